The number of pyridine rings is 1. The number of hydrogen-bond acceptors (Lipinski definition) is 4. The number of sulfonamides is 1. The van der Waals surface area contributed by atoms with Gasteiger partial charge in [-0.3, -0.25) is 0 Å². The summed E-state index contributed by atoms with van der Waals surface area (Å²) in [7, 11) is -2.01. The first kappa shape index (κ1) is 14.8. The molecule has 0 amide bonds. The standard InChI is InChI=1S/C10H15ClN2O2S2/c1-8(7-16-3)13(2)17(14,15)9-5-4-6-12-10(9)11/h4-6,8H,7H2,1-3H3. The molecule has 0 aliphatic carbocycles. The summed E-state index contributed by atoms with van der Waals surface area (Å²) in [5, 5.41) is 0.00991. The summed E-state index contributed by atoms with van der Waals surface area (Å²) in [6.07, 6.45) is 3.40. The highest BCUT2D eigenvalue weighted by Crippen LogP contribution is 2.23. The second-order valence-electron chi connectivity index (χ2n) is 3.62. The molecule has 1 unspecified atom stereocenters. The van der Waals surface area contributed by atoms with E-state index in [1.807, 2.05) is 13.2 Å². The van der Waals surface area contributed by atoms with Gasteiger partial charge < -0.3 is 0 Å². The van der Waals surface area contributed by atoms with Gasteiger partial charge in [0.1, 0.15) is 10.0 Å². The van der Waals surface area contributed by atoms with Crippen molar-refractivity contribution in [1.29, 1.82) is 0 Å². The molecule has 1 rings (SSSR count). The molecule has 1 atom stereocenters. The van der Waals surface area contributed by atoms with E-state index in [-0.39, 0.29) is 16.1 Å². The van der Waals surface area contributed by atoms with Crippen LogP contribution in [0.2, 0.25) is 5.15 Å². The van der Waals surface area contributed by atoms with Crippen LogP contribution in [0.15, 0.2) is 23.2 Å². The minimum absolute atomic E-state index is 0.00991. The Labute approximate surface area is 111 Å². The predicted octanol–water partition coefficient (Wildman–Crippen LogP) is 2.11. The lowest BCUT2D eigenvalue weighted by molar-refractivity contribution is 0.415. The molecule has 0 fully saturated rings. The largest absolute Gasteiger partial charge is 0.246 e. The van der Waals surface area contributed by atoms with Gasteiger partial charge in [-0.2, -0.15) is 16.1 Å². The predicted molar refractivity (Wildman–Crippen MR) is 72.0 cm³/mol. The SMILES string of the molecule is CSCC(C)N(C)S(=O)(=O)c1cccnc1Cl. The summed E-state index contributed by atoms with van der Waals surface area (Å²) >= 11 is 7.41. The van der Waals surface area contributed by atoms with Crippen LogP contribution in [0, 0.1) is 0 Å². The second-order valence-corrected chi connectivity index (χ2v) is 6.85. The molecule has 0 bridgehead atoms. The molecule has 0 aliphatic rings. The lowest BCUT2D eigenvalue weighted by atomic mass is 10.4. The Balaban J connectivity index is 3.08. The molecule has 1 heterocycles. The number of rotatable bonds is 5. The molecule has 96 valence electrons. The Kier molecular flexibility index (Phi) is 5.24. The molecule has 0 aliphatic heterocycles. The lowest BCUT2D eigenvalue weighted by Gasteiger charge is -2.23. The van der Waals surface area contributed by atoms with Gasteiger partial charge in [-0.15, -0.1) is 0 Å². The highest BCUT2D eigenvalue weighted by Gasteiger charge is 2.27. The number of thioether (sulfide) groups is 1. The second kappa shape index (κ2) is 6.04. The van der Waals surface area contributed by atoms with Gasteiger partial charge in [0.05, 0.1) is 0 Å². The maximum absolute atomic E-state index is 12.3. The Morgan fingerprint density at radius 1 is 1.59 bits per heavy atom. The number of nitrogens with zero attached hydrogens (tertiary/aromatic N) is 2. The Morgan fingerprint density at radius 3 is 2.76 bits per heavy atom. The maximum atomic E-state index is 12.3. The molecule has 0 aromatic carbocycles. The van der Waals surface area contributed by atoms with E-state index in [1.54, 1.807) is 24.9 Å². The van der Waals surface area contributed by atoms with Crippen molar-refractivity contribution >= 4 is 33.4 Å². The van der Waals surface area contributed by atoms with Crippen LogP contribution in [0.1, 0.15) is 6.92 Å². The molecular weight excluding hydrogens is 280 g/mol. The first-order valence-corrected chi connectivity index (χ1v) is 8.20. The van der Waals surface area contributed by atoms with Crippen molar-refractivity contribution in [3.8, 4) is 0 Å². The molecule has 1 aromatic heterocycles. The molecule has 0 saturated carbocycles. The Hall–Kier alpha value is -0.300. The molecule has 0 N–H and O–H groups in total. The summed E-state index contributed by atoms with van der Waals surface area (Å²) in [6.45, 7) is 1.86. The third-order valence-electron chi connectivity index (χ3n) is 2.41. The van der Waals surface area contributed by atoms with E-state index in [9.17, 15) is 8.42 Å². The average molecular weight is 295 g/mol. The average Bonchev–Trinajstić information content (AvgIpc) is 2.28. The van der Waals surface area contributed by atoms with Gasteiger partial charge in [-0.1, -0.05) is 11.6 Å². The van der Waals surface area contributed by atoms with E-state index >= 15 is 0 Å². The van der Waals surface area contributed by atoms with Crippen LogP contribution in [0.5, 0.6) is 0 Å². The van der Waals surface area contributed by atoms with Crippen molar-refractivity contribution < 1.29 is 8.42 Å². The van der Waals surface area contributed by atoms with Crippen molar-refractivity contribution in [2.45, 2.75) is 17.9 Å². The molecule has 0 spiro atoms. The minimum Gasteiger partial charge on any atom is -0.243 e. The quantitative estimate of drug-likeness (QED) is 0.781. The first-order valence-electron chi connectivity index (χ1n) is 4.98. The van der Waals surface area contributed by atoms with Crippen molar-refractivity contribution in [2.75, 3.05) is 19.1 Å². The van der Waals surface area contributed by atoms with Crippen molar-refractivity contribution in [1.82, 2.24) is 9.29 Å². The molecular formula is C10H15ClN2O2S2. The lowest BCUT2D eigenvalue weighted by Crippen LogP contribution is -2.36. The molecule has 1 aromatic rings. The topological polar surface area (TPSA) is 50.3 Å². The van der Waals surface area contributed by atoms with Gasteiger partial charge >= 0.3 is 0 Å². The maximum Gasteiger partial charge on any atom is 0.246 e. The van der Waals surface area contributed by atoms with Crippen molar-refractivity contribution in [3.63, 3.8) is 0 Å². The molecule has 0 saturated heterocycles. The van der Waals surface area contributed by atoms with Crippen LogP contribution < -0.4 is 0 Å². The number of hydrogen-bond donors (Lipinski definition) is 0. The van der Waals surface area contributed by atoms with Gasteiger partial charge in [0.25, 0.3) is 0 Å². The summed E-state index contributed by atoms with van der Waals surface area (Å²) in [4.78, 5) is 3.84. The molecule has 0 radical (unpaired) electrons. The monoisotopic (exact) mass is 294 g/mol. The fourth-order valence-electron chi connectivity index (χ4n) is 1.30. The van der Waals surface area contributed by atoms with Crippen LogP contribution in [0.25, 0.3) is 0 Å². The van der Waals surface area contributed by atoms with Crippen LogP contribution in [-0.2, 0) is 10.0 Å². The zero-order chi connectivity index (χ0) is 13.1. The number of halogens is 1. The minimum atomic E-state index is -3.57. The smallest absolute Gasteiger partial charge is 0.243 e. The van der Waals surface area contributed by atoms with E-state index in [0.717, 1.165) is 5.75 Å². The summed E-state index contributed by atoms with van der Waals surface area (Å²) in [5.74, 6) is 0.730. The first-order chi connectivity index (χ1) is 7.91. The highest BCUT2D eigenvalue weighted by atomic mass is 35.5. The van der Waals surface area contributed by atoms with Gasteiger partial charge in [-0.05, 0) is 25.3 Å². The van der Waals surface area contributed by atoms with E-state index < -0.39 is 10.0 Å². The Bertz CT molecular complexity index is 479. The van der Waals surface area contributed by atoms with Crippen LogP contribution in [0.4, 0.5) is 0 Å². The van der Waals surface area contributed by atoms with Crippen molar-refractivity contribution in [2.24, 2.45) is 0 Å². The van der Waals surface area contributed by atoms with E-state index in [4.69, 9.17) is 11.6 Å². The summed E-state index contributed by atoms with van der Waals surface area (Å²) in [5.41, 5.74) is 0. The summed E-state index contributed by atoms with van der Waals surface area (Å²) < 4.78 is 25.8. The number of aromatic nitrogens is 1. The van der Waals surface area contributed by atoms with E-state index in [0.29, 0.717) is 0 Å². The van der Waals surface area contributed by atoms with E-state index in [2.05, 4.69) is 4.98 Å². The van der Waals surface area contributed by atoms with Crippen LogP contribution in [0.3, 0.4) is 0 Å². The van der Waals surface area contributed by atoms with Gasteiger partial charge in [-0.25, -0.2) is 13.4 Å². The molecule has 4 nitrogen and oxygen atoms in total. The normalized spacial score (nSPS) is 13.9. The third-order valence-corrected chi connectivity index (χ3v) is 5.64. The molecule has 7 heteroatoms. The molecule has 17 heavy (non-hydrogen) atoms. The summed E-state index contributed by atoms with van der Waals surface area (Å²) in [6, 6.07) is 2.94. The highest BCUT2D eigenvalue weighted by molar-refractivity contribution is 7.98. The van der Waals surface area contributed by atoms with E-state index in [1.165, 1.54) is 16.6 Å². The zero-order valence-corrected chi connectivity index (χ0v) is 12.3. The van der Waals surface area contributed by atoms with Crippen LogP contribution >= 0.6 is 23.4 Å². The fraction of sp³-hybridized carbons (Fsp3) is 0.500. The zero-order valence-electron chi connectivity index (χ0n) is 9.92. The van der Waals surface area contributed by atoms with Gasteiger partial charge in [0, 0.05) is 25.0 Å². The van der Waals surface area contributed by atoms with Gasteiger partial charge in [0.15, 0.2) is 0 Å². The van der Waals surface area contributed by atoms with Crippen LogP contribution in [-0.4, -0.2) is 42.8 Å². The fourth-order valence-corrected chi connectivity index (χ4v) is 3.89. The van der Waals surface area contributed by atoms with Gasteiger partial charge in [0.2, 0.25) is 10.0 Å². The van der Waals surface area contributed by atoms with Crippen molar-refractivity contribution in [3.05, 3.63) is 23.5 Å². The third kappa shape index (κ3) is 3.34. The Morgan fingerprint density at radius 2 is 2.24 bits per heavy atom.